The van der Waals surface area contributed by atoms with Gasteiger partial charge in [0.15, 0.2) is 11.5 Å². The van der Waals surface area contributed by atoms with Crippen molar-refractivity contribution in [2.24, 2.45) is 5.14 Å². The number of ether oxygens (including phenoxy) is 2. The zero-order valence-corrected chi connectivity index (χ0v) is 15.6. The molecule has 0 heterocycles. The van der Waals surface area contributed by atoms with E-state index in [1.54, 1.807) is 18.2 Å². The average molecular weight is 397 g/mol. The Bertz CT molecular complexity index is 940. The molecule has 0 radical (unpaired) electrons. The molecule has 0 aliphatic rings. The highest BCUT2D eigenvalue weighted by Gasteiger charge is 2.10. The van der Waals surface area contributed by atoms with Crippen molar-refractivity contribution in [2.45, 2.75) is 4.90 Å². The summed E-state index contributed by atoms with van der Waals surface area (Å²) in [6.45, 7) is 0. The number of nitrogens with two attached hydrogens (primary N) is 1. The van der Waals surface area contributed by atoms with Gasteiger partial charge in [0, 0.05) is 11.8 Å². The summed E-state index contributed by atoms with van der Waals surface area (Å²) in [7, 11) is -0.806. The summed E-state index contributed by atoms with van der Waals surface area (Å²) >= 11 is 6.11. The van der Waals surface area contributed by atoms with Crippen molar-refractivity contribution in [3.05, 3.63) is 53.1 Å². The molecule has 0 saturated carbocycles. The maximum Gasteiger partial charge on any atom is 0.248 e. The third-order valence-corrected chi connectivity index (χ3v) is 4.54. The summed E-state index contributed by atoms with van der Waals surface area (Å²) < 4.78 is 32.7. The second-order valence-corrected chi connectivity index (χ2v) is 7.10. The number of anilines is 1. The topological polar surface area (TPSA) is 108 Å². The molecule has 1 amide bonds. The quantitative estimate of drug-likeness (QED) is 0.730. The lowest BCUT2D eigenvalue weighted by molar-refractivity contribution is -0.111. The monoisotopic (exact) mass is 396 g/mol. The Morgan fingerprint density at radius 2 is 1.81 bits per heavy atom. The standard InChI is InChI=1S/C17H17ClN2O5S/c1-24-15-10-11(9-14(18)17(15)25-2)3-8-16(21)20-12-4-6-13(7-5-12)26(19,22)23/h3-10H,1-2H3,(H,20,21)(H2,19,22,23)/b8-3+. The van der Waals surface area contributed by atoms with Gasteiger partial charge < -0.3 is 14.8 Å². The van der Waals surface area contributed by atoms with Crippen LogP contribution in [-0.4, -0.2) is 28.5 Å². The molecule has 2 rings (SSSR count). The summed E-state index contributed by atoms with van der Waals surface area (Å²) in [6, 6.07) is 8.81. The highest BCUT2D eigenvalue weighted by atomic mass is 35.5. The van der Waals surface area contributed by atoms with Crippen LogP contribution in [-0.2, 0) is 14.8 Å². The fraction of sp³-hybridized carbons (Fsp3) is 0.118. The molecule has 3 N–H and O–H groups in total. The first kappa shape index (κ1) is 19.8. The van der Waals surface area contributed by atoms with Crippen LogP contribution in [0.1, 0.15) is 5.56 Å². The molecule has 0 bridgehead atoms. The minimum absolute atomic E-state index is 0.0361. The fourth-order valence-corrected chi connectivity index (χ4v) is 2.93. The molecule has 0 aromatic heterocycles. The number of carbonyl (C=O) groups is 1. The number of halogens is 1. The first-order chi connectivity index (χ1) is 12.2. The van der Waals surface area contributed by atoms with Crippen LogP contribution in [0.5, 0.6) is 11.5 Å². The molecular weight excluding hydrogens is 380 g/mol. The van der Waals surface area contributed by atoms with Crippen LogP contribution in [0, 0.1) is 0 Å². The minimum Gasteiger partial charge on any atom is -0.493 e. The van der Waals surface area contributed by atoms with Gasteiger partial charge >= 0.3 is 0 Å². The second kappa shape index (κ2) is 8.22. The van der Waals surface area contributed by atoms with E-state index in [1.807, 2.05) is 0 Å². The Kier molecular flexibility index (Phi) is 6.25. The van der Waals surface area contributed by atoms with E-state index in [0.29, 0.717) is 27.8 Å². The molecule has 0 aliphatic heterocycles. The molecule has 2 aromatic carbocycles. The van der Waals surface area contributed by atoms with Crippen molar-refractivity contribution in [1.82, 2.24) is 0 Å². The lowest BCUT2D eigenvalue weighted by atomic mass is 10.2. The molecule has 7 nitrogen and oxygen atoms in total. The van der Waals surface area contributed by atoms with E-state index >= 15 is 0 Å². The maximum atomic E-state index is 12.0. The normalized spacial score (nSPS) is 11.4. The lowest BCUT2D eigenvalue weighted by Gasteiger charge is -2.10. The second-order valence-electron chi connectivity index (χ2n) is 5.13. The number of hydrogen-bond acceptors (Lipinski definition) is 5. The van der Waals surface area contributed by atoms with E-state index in [2.05, 4.69) is 5.32 Å². The van der Waals surface area contributed by atoms with Crippen molar-refractivity contribution in [1.29, 1.82) is 0 Å². The van der Waals surface area contributed by atoms with Crippen LogP contribution >= 0.6 is 11.6 Å². The van der Waals surface area contributed by atoms with Crippen LogP contribution in [0.15, 0.2) is 47.4 Å². The average Bonchev–Trinajstić information content (AvgIpc) is 2.59. The van der Waals surface area contributed by atoms with E-state index in [9.17, 15) is 13.2 Å². The lowest BCUT2D eigenvalue weighted by Crippen LogP contribution is -2.12. The third-order valence-electron chi connectivity index (χ3n) is 3.33. The summed E-state index contributed by atoms with van der Waals surface area (Å²) in [5, 5.41) is 7.98. The van der Waals surface area contributed by atoms with Gasteiger partial charge in [0.05, 0.1) is 24.1 Å². The highest BCUT2D eigenvalue weighted by molar-refractivity contribution is 7.89. The largest absolute Gasteiger partial charge is 0.493 e. The Morgan fingerprint density at radius 3 is 2.35 bits per heavy atom. The number of rotatable bonds is 6. The Hall–Kier alpha value is -2.55. The van der Waals surface area contributed by atoms with Gasteiger partial charge in [-0.15, -0.1) is 0 Å². The van der Waals surface area contributed by atoms with Crippen LogP contribution in [0.2, 0.25) is 5.02 Å². The number of nitrogens with one attached hydrogen (secondary N) is 1. The molecule has 0 fully saturated rings. The number of primary sulfonamides is 1. The van der Waals surface area contributed by atoms with Gasteiger partial charge in [-0.05, 0) is 48.0 Å². The number of hydrogen-bond donors (Lipinski definition) is 2. The molecule has 2 aromatic rings. The molecule has 0 atom stereocenters. The van der Waals surface area contributed by atoms with Gasteiger partial charge in [0.2, 0.25) is 15.9 Å². The van der Waals surface area contributed by atoms with Gasteiger partial charge in [0.1, 0.15) is 0 Å². The molecule has 9 heteroatoms. The Morgan fingerprint density at radius 1 is 1.15 bits per heavy atom. The first-order valence-electron chi connectivity index (χ1n) is 7.28. The molecule has 0 spiro atoms. The number of sulfonamides is 1. The molecule has 138 valence electrons. The van der Waals surface area contributed by atoms with Crippen molar-refractivity contribution >= 4 is 39.3 Å². The summed E-state index contributed by atoms with van der Waals surface area (Å²) in [6.07, 6.45) is 2.87. The fourth-order valence-electron chi connectivity index (χ4n) is 2.12. The molecule has 0 unspecified atom stereocenters. The van der Waals surface area contributed by atoms with Gasteiger partial charge in [-0.2, -0.15) is 0 Å². The maximum absolute atomic E-state index is 12.0. The van der Waals surface area contributed by atoms with E-state index in [-0.39, 0.29) is 4.90 Å². The Balaban J connectivity index is 2.11. The summed E-state index contributed by atoms with van der Waals surface area (Å²) in [5.41, 5.74) is 1.07. The van der Waals surface area contributed by atoms with Gasteiger partial charge in [-0.3, -0.25) is 4.79 Å². The molecule has 26 heavy (non-hydrogen) atoms. The van der Waals surface area contributed by atoms with E-state index in [1.165, 1.54) is 44.6 Å². The van der Waals surface area contributed by atoms with Crippen molar-refractivity contribution in [2.75, 3.05) is 19.5 Å². The van der Waals surface area contributed by atoms with E-state index in [0.717, 1.165) is 0 Å². The minimum atomic E-state index is -3.77. The number of carbonyl (C=O) groups excluding carboxylic acids is 1. The van der Waals surface area contributed by atoms with Crippen LogP contribution in [0.3, 0.4) is 0 Å². The molecular formula is C17H17ClN2O5S. The summed E-state index contributed by atoms with van der Waals surface area (Å²) in [5.74, 6) is 0.448. The SMILES string of the molecule is COc1cc(/C=C/C(=O)Nc2ccc(S(N)(=O)=O)cc2)cc(Cl)c1OC. The third kappa shape index (κ3) is 4.98. The van der Waals surface area contributed by atoms with E-state index in [4.69, 9.17) is 26.2 Å². The zero-order valence-electron chi connectivity index (χ0n) is 14.0. The highest BCUT2D eigenvalue weighted by Crippen LogP contribution is 2.36. The van der Waals surface area contributed by atoms with Crippen LogP contribution in [0.25, 0.3) is 6.08 Å². The van der Waals surface area contributed by atoms with Crippen molar-refractivity contribution < 1.29 is 22.7 Å². The van der Waals surface area contributed by atoms with Crippen molar-refractivity contribution in [3.8, 4) is 11.5 Å². The van der Waals surface area contributed by atoms with Crippen LogP contribution < -0.4 is 19.9 Å². The predicted molar refractivity (Wildman–Crippen MR) is 100 cm³/mol. The van der Waals surface area contributed by atoms with Gasteiger partial charge in [0.25, 0.3) is 0 Å². The van der Waals surface area contributed by atoms with E-state index < -0.39 is 15.9 Å². The zero-order chi connectivity index (χ0) is 19.3. The smallest absolute Gasteiger partial charge is 0.248 e. The van der Waals surface area contributed by atoms with Gasteiger partial charge in [-0.25, -0.2) is 13.6 Å². The summed E-state index contributed by atoms with van der Waals surface area (Å²) in [4.78, 5) is 12.0. The Labute approximate surface area is 156 Å². The first-order valence-corrected chi connectivity index (χ1v) is 9.20. The van der Waals surface area contributed by atoms with Crippen LogP contribution in [0.4, 0.5) is 5.69 Å². The molecule has 0 saturated heterocycles. The number of amides is 1. The number of benzene rings is 2. The van der Waals surface area contributed by atoms with Crippen molar-refractivity contribution in [3.63, 3.8) is 0 Å². The van der Waals surface area contributed by atoms with Gasteiger partial charge in [-0.1, -0.05) is 11.6 Å². The predicted octanol–water partition coefficient (Wildman–Crippen LogP) is 2.66. The number of methoxy groups -OCH3 is 2. The molecule has 0 aliphatic carbocycles.